The number of carbonyl (C=O) groups is 2. The van der Waals surface area contributed by atoms with E-state index in [0.717, 1.165) is 23.0 Å². The highest BCUT2D eigenvalue weighted by atomic mass is 32.2. The van der Waals surface area contributed by atoms with Crippen LogP contribution in [0.15, 0.2) is 59.6 Å². The molecule has 0 aliphatic carbocycles. The number of carboxylic acids is 1. The summed E-state index contributed by atoms with van der Waals surface area (Å²) in [6.07, 6.45) is 3.26. The molecule has 0 radical (unpaired) electrons. The molecule has 2 aromatic carbocycles. The molecule has 2 heterocycles. The molecule has 1 fully saturated rings. The van der Waals surface area contributed by atoms with Gasteiger partial charge in [-0.3, -0.25) is 9.69 Å². The predicted molar refractivity (Wildman–Crippen MR) is 132 cm³/mol. The van der Waals surface area contributed by atoms with Crippen LogP contribution in [0.3, 0.4) is 0 Å². The van der Waals surface area contributed by atoms with Gasteiger partial charge in [-0.1, -0.05) is 42.2 Å². The van der Waals surface area contributed by atoms with Crippen LogP contribution in [0.25, 0.3) is 23.0 Å². The lowest BCUT2D eigenvalue weighted by atomic mass is 10.1. The number of hydrogen-bond donors (Lipinski definition) is 0. The Kier molecular flexibility index (Phi) is 6.99. The molecule has 8 nitrogen and oxygen atoms in total. The van der Waals surface area contributed by atoms with Crippen molar-refractivity contribution in [1.82, 2.24) is 14.7 Å². The summed E-state index contributed by atoms with van der Waals surface area (Å²) >= 11 is 6.42. The summed E-state index contributed by atoms with van der Waals surface area (Å²) in [7, 11) is 3.12. The van der Waals surface area contributed by atoms with Crippen LogP contribution >= 0.6 is 24.0 Å². The predicted octanol–water partition coefficient (Wildman–Crippen LogP) is 2.90. The molecule has 1 aliphatic heterocycles. The van der Waals surface area contributed by atoms with E-state index in [4.69, 9.17) is 26.8 Å². The molecule has 0 bridgehead atoms. The molecule has 0 unspecified atom stereocenters. The van der Waals surface area contributed by atoms with Crippen molar-refractivity contribution in [2.24, 2.45) is 0 Å². The zero-order chi connectivity index (χ0) is 24.2. The Morgan fingerprint density at radius 2 is 1.88 bits per heavy atom. The second kappa shape index (κ2) is 10.1. The maximum atomic E-state index is 12.9. The van der Waals surface area contributed by atoms with E-state index in [1.165, 1.54) is 4.90 Å². The largest absolute Gasteiger partial charge is 0.550 e. The standard InChI is InChI=1S/C24H21N3O5S2/c1-31-18-9-8-15(12-19(18)32-2)22-16(14-27(25-22)17-6-4-3-5-7-17)13-20-23(30)26(24(33)34-20)11-10-21(28)29/h3-9,12-14H,10-11H2,1-2H3,(H,28,29)/p-1/b20-13-. The fourth-order valence-electron chi connectivity index (χ4n) is 3.45. The first kappa shape index (κ1) is 23.5. The van der Waals surface area contributed by atoms with E-state index >= 15 is 0 Å². The molecule has 0 atom stereocenters. The number of thioether (sulfide) groups is 1. The first-order valence-corrected chi connectivity index (χ1v) is 11.5. The fraction of sp³-hybridized carbons (Fsp3) is 0.167. The topological polar surface area (TPSA) is 96.7 Å². The van der Waals surface area contributed by atoms with E-state index < -0.39 is 5.97 Å². The monoisotopic (exact) mass is 494 g/mol. The molecular weight excluding hydrogens is 474 g/mol. The number of hydrogen-bond acceptors (Lipinski definition) is 8. The van der Waals surface area contributed by atoms with Gasteiger partial charge in [0.05, 0.1) is 24.8 Å². The molecule has 0 spiro atoms. The van der Waals surface area contributed by atoms with Gasteiger partial charge in [0.2, 0.25) is 0 Å². The Labute approximate surface area is 205 Å². The minimum atomic E-state index is -1.24. The summed E-state index contributed by atoms with van der Waals surface area (Å²) in [6, 6.07) is 15.1. The lowest BCUT2D eigenvalue weighted by Gasteiger charge is -2.14. The van der Waals surface area contributed by atoms with E-state index in [1.54, 1.807) is 31.0 Å². The molecule has 1 amide bonds. The van der Waals surface area contributed by atoms with Gasteiger partial charge in [0.15, 0.2) is 11.5 Å². The first-order valence-electron chi connectivity index (χ1n) is 10.2. The van der Waals surface area contributed by atoms with Crippen molar-refractivity contribution < 1.29 is 24.2 Å². The number of benzene rings is 2. The van der Waals surface area contributed by atoms with Crippen LogP contribution in [0.1, 0.15) is 12.0 Å². The maximum Gasteiger partial charge on any atom is 0.266 e. The first-order chi connectivity index (χ1) is 16.4. The number of rotatable bonds is 8. The molecule has 1 aromatic heterocycles. The molecule has 3 aromatic rings. The quantitative estimate of drug-likeness (QED) is 0.348. The zero-order valence-corrected chi connectivity index (χ0v) is 20.0. The van der Waals surface area contributed by atoms with Crippen LogP contribution < -0.4 is 14.6 Å². The summed E-state index contributed by atoms with van der Waals surface area (Å²) in [5.74, 6) is -0.447. The van der Waals surface area contributed by atoms with Crippen molar-refractivity contribution >= 4 is 46.3 Å². The number of methoxy groups -OCH3 is 2. The van der Waals surface area contributed by atoms with Crippen molar-refractivity contribution in [1.29, 1.82) is 0 Å². The second-order valence-corrected chi connectivity index (χ2v) is 8.91. The van der Waals surface area contributed by atoms with Crippen LogP contribution in [-0.4, -0.2) is 51.6 Å². The second-order valence-electron chi connectivity index (χ2n) is 7.24. The van der Waals surface area contributed by atoms with E-state index in [-0.39, 0.29) is 18.9 Å². The third-order valence-corrected chi connectivity index (χ3v) is 6.50. The Morgan fingerprint density at radius 3 is 2.56 bits per heavy atom. The molecule has 174 valence electrons. The van der Waals surface area contributed by atoms with Gasteiger partial charge in [-0.15, -0.1) is 0 Å². The average molecular weight is 495 g/mol. The lowest BCUT2D eigenvalue weighted by molar-refractivity contribution is -0.305. The molecular formula is C24H20N3O5S2-. The smallest absolute Gasteiger partial charge is 0.266 e. The molecule has 10 heteroatoms. The highest BCUT2D eigenvalue weighted by Crippen LogP contribution is 2.37. The minimum Gasteiger partial charge on any atom is -0.550 e. The number of para-hydroxylation sites is 1. The summed E-state index contributed by atoms with van der Waals surface area (Å²) < 4.78 is 12.8. The van der Waals surface area contributed by atoms with Crippen molar-refractivity contribution in [2.45, 2.75) is 6.42 Å². The number of aromatic nitrogens is 2. The van der Waals surface area contributed by atoms with Crippen molar-refractivity contribution in [3.05, 3.63) is 65.2 Å². The third-order valence-electron chi connectivity index (χ3n) is 5.12. The summed E-state index contributed by atoms with van der Waals surface area (Å²) in [4.78, 5) is 25.4. The minimum absolute atomic E-state index is 0.0316. The highest BCUT2D eigenvalue weighted by Gasteiger charge is 2.32. The summed E-state index contributed by atoms with van der Waals surface area (Å²) in [5.41, 5.74) is 2.94. The third kappa shape index (κ3) is 4.82. The summed E-state index contributed by atoms with van der Waals surface area (Å²) in [5, 5.41) is 15.6. The number of aliphatic carboxylic acids is 1. The molecule has 4 rings (SSSR count). The SMILES string of the molecule is COc1ccc(-c2nn(-c3ccccc3)cc2/C=C2\SC(=S)N(CCC(=O)[O-])C2=O)cc1OC. The number of ether oxygens (including phenoxy) is 2. The zero-order valence-electron chi connectivity index (χ0n) is 18.4. The van der Waals surface area contributed by atoms with Gasteiger partial charge in [-0.25, -0.2) is 4.68 Å². The van der Waals surface area contributed by atoms with Crippen molar-refractivity contribution in [3.63, 3.8) is 0 Å². The number of carbonyl (C=O) groups excluding carboxylic acids is 2. The number of thiocarbonyl (C=S) groups is 1. The molecule has 34 heavy (non-hydrogen) atoms. The summed E-state index contributed by atoms with van der Waals surface area (Å²) in [6.45, 7) is -0.0316. The number of carboxylic acid groups (broad SMARTS) is 1. The van der Waals surface area contributed by atoms with Crippen LogP contribution in [0.5, 0.6) is 11.5 Å². The Hall–Kier alpha value is -3.63. The van der Waals surface area contributed by atoms with Gasteiger partial charge in [0.1, 0.15) is 10.0 Å². The Bertz CT molecular complexity index is 1290. The van der Waals surface area contributed by atoms with E-state index in [2.05, 4.69) is 0 Å². The number of nitrogens with zero attached hydrogens (tertiary/aromatic N) is 3. The normalized spacial score (nSPS) is 14.6. The molecule has 0 saturated carbocycles. The van der Waals surface area contributed by atoms with Gasteiger partial charge in [-0.05, 0) is 36.4 Å². The average Bonchev–Trinajstić information content (AvgIpc) is 3.38. The van der Waals surface area contributed by atoms with Crippen molar-refractivity contribution in [3.8, 4) is 28.4 Å². The van der Waals surface area contributed by atoms with Gasteiger partial charge < -0.3 is 19.4 Å². The maximum absolute atomic E-state index is 12.9. The molecule has 1 saturated heterocycles. The lowest BCUT2D eigenvalue weighted by Crippen LogP contribution is -2.33. The Balaban J connectivity index is 1.78. The highest BCUT2D eigenvalue weighted by molar-refractivity contribution is 8.26. The van der Waals surface area contributed by atoms with Gasteiger partial charge in [0.25, 0.3) is 5.91 Å². The van der Waals surface area contributed by atoms with Crippen LogP contribution in [0, 0.1) is 0 Å². The Morgan fingerprint density at radius 1 is 1.15 bits per heavy atom. The number of amides is 1. The van der Waals surface area contributed by atoms with Crippen LogP contribution in [-0.2, 0) is 9.59 Å². The van der Waals surface area contributed by atoms with E-state index in [1.807, 2.05) is 48.7 Å². The molecule has 1 aliphatic rings. The van der Waals surface area contributed by atoms with Gasteiger partial charge >= 0.3 is 0 Å². The van der Waals surface area contributed by atoms with E-state index in [0.29, 0.717) is 32.0 Å². The van der Waals surface area contributed by atoms with Crippen molar-refractivity contribution in [2.75, 3.05) is 20.8 Å². The fourth-order valence-corrected chi connectivity index (χ4v) is 4.75. The van der Waals surface area contributed by atoms with Crippen LogP contribution in [0.4, 0.5) is 0 Å². The molecule has 0 N–H and O–H groups in total. The van der Waals surface area contributed by atoms with E-state index in [9.17, 15) is 14.7 Å². The van der Waals surface area contributed by atoms with Crippen LogP contribution in [0.2, 0.25) is 0 Å². The van der Waals surface area contributed by atoms with Gasteiger partial charge in [0, 0.05) is 36.3 Å². The van der Waals surface area contributed by atoms with Gasteiger partial charge in [-0.2, -0.15) is 5.10 Å².